The van der Waals surface area contributed by atoms with Crippen molar-refractivity contribution in [3.05, 3.63) is 42.2 Å². The van der Waals surface area contributed by atoms with Crippen LogP contribution in [0.1, 0.15) is 11.6 Å². The van der Waals surface area contributed by atoms with E-state index in [-0.39, 0.29) is 6.04 Å². The third-order valence-electron chi connectivity index (χ3n) is 3.25. The minimum absolute atomic E-state index is 0.194. The maximum Gasteiger partial charge on any atom is 0.144 e. The fourth-order valence-electron chi connectivity index (χ4n) is 2.08. The van der Waals surface area contributed by atoms with Crippen molar-refractivity contribution in [2.45, 2.75) is 6.04 Å². The Hall–Kier alpha value is -2.34. The molecule has 0 radical (unpaired) electrons. The molecule has 0 saturated carbocycles. The Labute approximate surface area is 125 Å². The van der Waals surface area contributed by atoms with Crippen LogP contribution in [0.2, 0.25) is 0 Å². The molecule has 0 aliphatic rings. The third kappa shape index (κ3) is 4.06. The smallest absolute Gasteiger partial charge is 0.144 e. The van der Waals surface area contributed by atoms with Gasteiger partial charge in [-0.05, 0) is 31.8 Å². The molecule has 0 fully saturated rings. The van der Waals surface area contributed by atoms with Crippen LogP contribution < -0.4 is 15.8 Å². The second-order valence-electron chi connectivity index (χ2n) is 4.96. The summed E-state index contributed by atoms with van der Waals surface area (Å²) in [5.74, 6) is 1.98. The van der Waals surface area contributed by atoms with Gasteiger partial charge in [-0.2, -0.15) is 0 Å². The monoisotopic (exact) mass is 287 g/mol. The lowest BCUT2D eigenvalue weighted by molar-refractivity contribution is 0.310. The Kier molecular flexibility index (Phi) is 4.94. The lowest BCUT2D eigenvalue weighted by Crippen LogP contribution is -2.27. The Bertz CT molecular complexity index is 571. The van der Waals surface area contributed by atoms with Crippen LogP contribution in [0.3, 0.4) is 0 Å². The number of anilines is 2. The summed E-state index contributed by atoms with van der Waals surface area (Å²) in [5.41, 5.74) is 6.71. The summed E-state index contributed by atoms with van der Waals surface area (Å²) in [6.07, 6.45) is 3.17. The SMILES string of the molecule is COc1cccc(C(CNc2cnc(N)cn2)N(C)C)c1. The Morgan fingerprint density at radius 2 is 2.10 bits per heavy atom. The number of aromatic nitrogens is 2. The Balaban J connectivity index is 2.10. The van der Waals surface area contributed by atoms with Gasteiger partial charge in [-0.15, -0.1) is 0 Å². The summed E-state index contributed by atoms with van der Waals surface area (Å²) in [4.78, 5) is 10.4. The highest BCUT2D eigenvalue weighted by Crippen LogP contribution is 2.22. The van der Waals surface area contributed by atoms with Gasteiger partial charge in [-0.3, -0.25) is 0 Å². The van der Waals surface area contributed by atoms with Gasteiger partial charge in [0.25, 0.3) is 0 Å². The molecule has 6 heteroatoms. The molecule has 1 unspecified atom stereocenters. The molecule has 3 N–H and O–H groups in total. The van der Waals surface area contributed by atoms with Crippen molar-refractivity contribution in [2.24, 2.45) is 0 Å². The number of nitrogens with zero attached hydrogens (tertiary/aromatic N) is 3. The van der Waals surface area contributed by atoms with E-state index < -0.39 is 0 Å². The van der Waals surface area contributed by atoms with Crippen molar-refractivity contribution in [1.82, 2.24) is 14.9 Å². The Morgan fingerprint density at radius 3 is 2.71 bits per heavy atom. The topological polar surface area (TPSA) is 76.3 Å². The third-order valence-corrected chi connectivity index (χ3v) is 3.25. The number of rotatable bonds is 6. The minimum atomic E-state index is 0.194. The standard InChI is InChI=1S/C15H21N5O/c1-20(2)13(11-5-4-6-12(7-11)21-3)8-18-15-10-17-14(16)9-19-15/h4-7,9-10,13H,8H2,1-3H3,(H2,16,17)(H,18,19). The molecule has 2 rings (SSSR count). The van der Waals surface area contributed by atoms with Crippen LogP contribution in [-0.2, 0) is 0 Å². The molecular formula is C15H21N5O. The molecule has 21 heavy (non-hydrogen) atoms. The van der Waals surface area contributed by atoms with Gasteiger partial charge in [-0.25, -0.2) is 9.97 Å². The molecule has 0 saturated heterocycles. The van der Waals surface area contributed by atoms with E-state index in [1.54, 1.807) is 19.5 Å². The summed E-state index contributed by atoms with van der Waals surface area (Å²) >= 11 is 0. The van der Waals surface area contributed by atoms with Crippen molar-refractivity contribution in [2.75, 3.05) is 38.8 Å². The maximum atomic E-state index is 5.53. The van der Waals surface area contributed by atoms with Gasteiger partial charge in [0.1, 0.15) is 17.4 Å². The van der Waals surface area contributed by atoms with E-state index in [0.29, 0.717) is 18.2 Å². The van der Waals surface area contributed by atoms with Gasteiger partial charge in [0.2, 0.25) is 0 Å². The van der Waals surface area contributed by atoms with E-state index in [0.717, 1.165) is 5.75 Å². The lowest BCUT2D eigenvalue weighted by atomic mass is 10.1. The van der Waals surface area contributed by atoms with Crippen LogP contribution >= 0.6 is 0 Å². The van der Waals surface area contributed by atoms with Gasteiger partial charge in [-0.1, -0.05) is 12.1 Å². The number of hydrogen-bond acceptors (Lipinski definition) is 6. The first-order chi connectivity index (χ1) is 10.1. The van der Waals surface area contributed by atoms with E-state index in [9.17, 15) is 0 Å². The highest BCUT2D eigenvalue weighted by Gasteiger charge is 2.14. The molecule has 1 heterocycles. The number of nitrogens with one attached hydrogen (secondary N) is 1. The van der Waals surface area contributed by atoms with Crippen molar-refractivity contribution < 1.29 is 4.74 Å². The number of methoxy groups -OCH3 is 1. The van der Waals surface area contributed by atoms with E-state index in [1.165, 1.54) is 5.56 Å². The number of ether oxygens (including phenoxy) is 1. The van der Waals surface area contributed by atoms with E-state index in [2.05, 4.69) is 26.3 Å². The predicted octanol–water partition coefficient (Wildman–Crippen LogP) is 1.78. The van der Waals surface area contributed by atoms with Gasteiger partial charge >= 0.3 is 0 Å². The van der Waals surface area contributed by atoms with Crippen LogP contribution in [-0.4, -0.2) is 42.6 Å². The van der Waals surface area contributed by atoms with Crippen LogP contribution in [0.4, 0.5) is 11.6 Å². The van der Waals surface area contributed by atoms with Crippen molar-refractivity contribution in [3.63, 3.8) is 0 Å². The first-order valence-electron chi connectivity index (χ1n) is 6.72. The molecule has 2 aromatic rings. The number of nitrogen functional groups attached to an aromatic ring is 1. The first kappa shape index (κ1) is 15.1. The molecule has 112 valence electrons. The number of hydrogen-bond donors (Lipinski definition) is 2. The summed E-state index contributed by atoms with van der Waals surface area (Å²) < 4.78 is 5.29. The average molecular weight is 287 g/mol. The molecule has 0 aliphatic carbocycles. The molecule has 0 aliphatic heterocycles. The van der Waals surface area contributed by atoms with Crippen LogP contribution in [0.5, 0.6) is 5.75 Å². The maximum absolute atomic E-state index is 5.53. The van der Waals surface area contributed by atoms with Crippen molar-refractivity contribution in [1.29, 1.82) is 0 Å². The second kappa shape index (κ2) is 6.90. The zero-order valence-corrected chi connectivity index (χ0v) is 12.6. The molecule has 1 aromatic heterocycles. The Morgan fingerprint density at radius 1 is 1.29 bits per heavy atom. The van der Waals surface area contributed by atoms with Crippen LogP contribution in [0, 0.1) is 0 Å². The average Bonchev–Trinajstić information content (AvgIpc) is 2.49. The molecule has 0 bridgehead atoms. The van der Waals surface area contributed by atoms with Gasteiger partial charge in [0, 0.05) is 6.54 Å². The highest BCUT2D eigenvalue weighted by atomic mass is 16.5. The van der Waals surface area contributed by atoms with Crippen molar-refractivity contribution >= 4 is 11.6 Å². The second-order valence-corrected chi connectivity index (χ2v) is 4.96. The zero-order valence-electron chi connectivity index (χ0n) is 12.6. The van der Waals surface area contributed by atoms with Gasteiger partial charge in [0.15, 0.2) is 0 Å². The molecular weight excluding hydrogens is 266 g/mol. The van der Waals surface area contributed by atoms with Crippen LogP contribution in [0.25, 0.3) is 0 Å². The first-order valence-corrected chi connectivity index (χ1v) is 6.72. The largest absolute Gasteiger partial charge is 0.497 e. The van der Waals surface area contributed by atoms with Gasteiger partial charge < -0.3 is 20.7 Å². The fraction of sp³-hybridized carbons (Fsp3) is 0.333. The summed E-state index contributed by atoms with van der Waals surface area (Å²) in [6, 6.07) is 8.26. The molecule has 1 atom stereocenters. The summed E-state index contributed by atoms with van der Waals surface area (Å²) in [5, 5.41) is 3.28. The molecule has 0 spiro atoms. The van der Waals surface area contributed by atoms with E-state index in [1.807, 2.05) is 32.3 Å². The highest BCUT2D eigenvalue weighted by molar-refractivity contribution is 5.37. The molecule has 1 aromatic carbocycles. The van der Waals surface area contributed by atoms with E-state index >= 15 is 0 Å². The summed E-state index contributed by atoms with van der Waals surface area (Å²) in [6.45, 7) is 0.707. The lowest BCUT2D eigenvalue weighted by Gasteiger charge is -2.25. The predicted molar refractivity (Wildman–Crippen MR) is 84.4 cm³/mol. The molecule has 0 amide bonds. The normalized spacial score (nSPS) is 12.2. The number of likely N-dealkylation sites (N-methyl/N-ethyl adjacent to an activating group) is 1. The zero-order chi connectivity index (χ0) is 15.2. The quantitative estimate of drug-likeness (QED) is 0.843. The number of nitrogens with two attached hydrogens (primary N) is 1. The number of benzene rings is 1. The fourth-order valence-corrected chi connectivity index (χ4v) is 2.08. The minimum Gasteiger partial charge on any atom is -0.497 e. The van der Waals surface area contributed by atoms with Crippen LogP contribution in [0.15, 0.2) is 36.7 Å². The molecule has 6 nitrogen and oxygen atoms in total. The van der Waals surface area contributed by atoms with E-state index in [4.69, 9.17) is 10.5 Å². The summed E-state index contributed by atoms with van der Waals surface area (Å²) in [7, 11) is 5.76. The van der Waals surface area contributed by atoms with Crippen molar-refractivity contribution in [3.8, 4) is 5.75 Å². The van der Waals surface area contributed by atoms with Gasteiger partial charge in [0.05, 0.1) is 25.5 Å².